The van der Waals surface area contributed by atoms with Crippen molar-refractivity contribution in [2.24, 2.45) is 0 Å². The summed E-state index contributed by atoms with van der Waals surface area (Å²) in [6.07, 6.45) is 1.63. The second kappa shape index (κ2) is 12.0. The fourth-order valence-corrected chi connectivity index (χ4v) is 2.36. The standard InChI is InChI=1S/C19H23N3O4.ClH/c1-24-17-6-5-14(10-18(17)25-2)7-9-21-12-16(23)13-26-19-15(11-20)4-3-8-22-19;/h3-6,8,10,16,21,23H,7,9,12-13H2,1-2H3;1H. The van der Waals surface area contributed by atoms with Gasteiger partial charge in [0.25, 0.3) is 0 Å². The van der Waals surface area contributed by atoms with Crippen LogP contribution in [0.3, 0.4) is 0 Å². The third-order valence-corrected chi connectivity index (χ3v) is 3.72. The molecule has 0 saturated carbocycles. The minimum Gasteiger partial charge on any atom is -0.493 e. The van der Waals surface area contributed by atoms with Crippen molar-refractivity contribution in [1.29, 1.82) is 5.26 Å². The maximum absolute atomic E-state index is 9.99. The molecule has 0 aliphatic carbocycles. The van der Waals surface area contributed by atoms with Crippen molar-refractivity contribution in [1.82, 2.24) is 10.3 Å². The number of nitriles is 1. The summed E-state index contributed by atoms with van der Waals surface area (Å²) in [6.45, 7) is 1.14. The Kier molecular flexibility index (Phi) is 9.98. The third-order valence-electron chi connectivity index (χ3n) is 3.72. The van der Waals surface area contributed by atoms with Crippen LogP contribution >= 0.6 is 12.4 Å². The molecule has 2 N–H and O–H groups in total. The van der Waals surface area contributed by atoms with E-state index < -0.39 is 6.10 Å². The quantitative estimate of drug-likeness (QED) is 0.595. The molecular formula is C19H24ClN3O4. The van der Waals surface area contributed by atoms with Gasteiger partial charge in [0, 0.05) is 12.7 Å². The maximum atomic E-state index is 9.99. The molecule has 1 aromatic carbocycles. The molecule has 146 valence electrons. The lowest BCUT2D eigenvalue weighted by Crippen LogP contribution is -2.32. The predicted octanol–water partition coefficient (Wildman–Crippen LogP) is 1.96. The van der Waals surface area contributed by atoms with Crippen LogP contribution in [-0.2, 0) is 6.42 Å². The molecule has 0 bridgehead atoms. The van der Waals surface area contributed by atoms with E-state index in [2.05, 4.69) is 10.3 Å². The number of nitrogens with one attached hydrogen (secondary N) is 1. The van der Waals surface area contributed by atoms with Crippen LogP contribution in [0, 0.1) is 11.3 Å². The minimum absolute atomic E-state index is 0. The molecule has 1 unspecified atom stereocenters. The lowest BCUT2D eigenvalue weighted by atomic mass is 10.1. The molecule has 1 aromatic heterocycles. The first-order chi connectivity index (χ1) is 12.7. The van der Waals surface area contributed by atoms with E-state index in [0.29, 0.717) is 30.2 Å². The lowest BCUT2D eigenvalue weighted by molar-refractivity contribution is 0.104. The van der Waals surface area contributed by atoms with Gasteiger partial charge in [0.2, 0.25) is 5.88 Å². The Balaban J connectivity index is 0.00000364. The van der Waals surface area contributed by atoms with E-state index in [4.69, 9.17) is 19.5 Å². The lowest BCUT2D eigenvalue weighted by Gasteiger charge is -2.14. The molecule has 0 spiro atoms. The van der Waals surface area contributed by atoms with Crippen molar-refractivity contribution in [2.45, 2.75) is 12.5 Å². The summed E-state index contributed by atoms with van der Waals surface area (Å²) in [4.78, 5) is 3.99. The van der Waals surface area contributed by atoms with Gasteiger partial charge in [-0.25, -0.2) is 4.98 Å². The van der Waals surface area contributed by atoms with Crippen molar-refractivity contribution in [3.05, 3.63) is 47.7 Å². The second-order valence-electron chi connectivity index (χ2n) is 5.58. The van der Waals surface area contributed by atoms with Gasteiger partial charge in [0.1, 0.15) is 24.3 Å². The van der Waals surface area contributed by atoms with E-state index in [1.165, 1.54) is 0 Å². The SMILES string of the molecule is COc1ccc(CCNCC(O)COc2ncccc2C#N)cc1OC.Cl. The van der Waals surface area contributed by atoms with Crippen molar-refractivity contribution >= 4 is 12.4 Å². The number of aromatic nitrogens is 1. The maximum Gasteiger partial charge on any atom is 0.231 e. The number of pyridine rings is 1. The van der Waals surface area contributed by atoms with Gasteiger partial charge < -0.3 is 24.6 Å². The van der Waals surface area contributed by atoms with Gasteiger partial charge in [-0.1, -0.05) is 6.07 Å². The van der Waals surface area contributed by atoms with Crippen LogP contribution in [0.25, 0.3) is 0 Å². The summed E-state index contributed by atoms with van der Waals surface area (Å²) in [5.41, 5.74) is 1.45. The van der Waals surface area contributed by atoms with Crippen LogP contribution in [0.15, 0.2) is 36.5 Å². The molecule has 7 nitrogen and oxygen atoms in total. The molecule has 1 heterocycles. The topological polar surface area (TPSA) is 96.6 Å². The van der Waals surface area contributed by atoms with E-state index >= 15 is 0 Å². The zero-order valence-electron chi connectivity index (χ0n) is 15.3. The van der Waals surface area contributed by atoms with Crippen LogP contribution in [0.1, 0.15) is 11.1 Å². The number of benzene rings is 1. The monoisotopic (exact) mass is 393 g/mol. The molecule has 0 radical (unpaired) electrons. The summed E-state index contributed by atoms with van der Waals surface area (Å²) >= 11 is 0. The highest BCUT2D eigenvalue weighted by Crippen LogP contribution is 2.27. The van der Waals surface area contributed by atoms with Crippen molar-refractivity contribution in [2.75, 3.05) is 33.9 Å². The zero-order chi connectivity index (χ0) is 18.8. The fraction of sp³-hybridized carbons (Fsp3) is 0.368. The Hall–Kier alpha value is -2.53. The van der Waals surface area contributed by atoms with Crippen LogP contribution < -0.4 is 19.5 Å². The summed E-state index contributed by atoms with van der Waals surface area (Å²) in [5, 5.41) is 22.1. The molecule has 0 amide bonds. The average molecular weight is 394 g/mol. The van der Waals surface area contributed by atoms with Crippen molar-refractivity contribution in [3.63, 3.8) is 0 Å². The van der Waals surface area contributed by atoms with Gasteiger partial charge in [0.05, 0.1) is 14.2 Å². The minimum atomic E-state index is -0.700. The Labute approximate surface area is 165 Å². The highest BCUT2D eigenvalue weighted by molar-refractivity contribution is 5.85. The van der Waals surface area contributed by atoms with E-state index in [1.807, 2.05) is 24.3 Å². The number of ether oxygens (including phenoxy) is 3. The predicted molar refractivity (Wildman–Crippen MR) is 104 cm³/mol. The molecule has 0 saturated heterocycles. The number of aliphatic hydroxyl groups is 1. The molecule has 27 heavy (non-hydrogen) atoms. The number of rotatable bonds is 10. The van der Waals surface area contributed by atoms with Crippen LogP contribution in [0.4, 0.5) is 0 Å². The molecule has 0 aliphatic heterocycles. The Morgan fingerprint density at radius 3 is 2.70 bits per heavy atom. The highest BCUT2D eigenvalue weighted by atomic mass is 35.5. The second-order valence-corrected chi connectivity index (χ2v) is 5.58. The van der Waals surface area contributed by atoms with E-state index in [-0.39, 0.29) is 24.9 Å². The Morgan fingerprint density at radius 1 is 1.22 bits per heavy atom. The summed E-state index contributed by atoms with van der Waals surface area (Å²) in [7, 11) is 3.21. The zero-order valence-corrected chi connectivity index (χ0v) is 16.2. The average Bonchev–Trinajstić information content (AvgIpc) is 2.69. The Bertz CT molecular complexity index is 752. The largest absolute Gasteiger partial charge is 0.493 e. The molecule has 8 heteroatoms. The normalized spacial score (nSPS) is 11.0. The van der Waals surface area contributed by atoms with Crippen molar-refractivity contribution < 1.29 is 19.3 Å². The fourth-order valence-electron chi connectivity index (χ4n) is 2.36. The molecule has 0 fully saturated rings. The van der Waals surface area contributed by atoms with Gasteiger partial charge in [-0.2, -0.15) is 5.26 Å². The number of methoxy groups -OCH3 is 2. The van der Waals surface area contributed by atoms with Gasteiger partial charge in [-0.15, -0.1) is 12.4 Å². The van der Waals surface area contributed by atoms with E-state index in [0.717, 1.165) is 12.0 Å². The van der Waals surface area contributed by atoms with Crippen LogP contribution in [0.5, 0.6) is 17.4 Å². The summed E-state index contributed by atoms with van der Waals surface area (Å²) in [6, 6.07) is 11.1. The smallest absolute Gasteiger partial charge is 0.231 e. The van der Waals surface area contributed by atoms with Gasteiger partial charge >= 0.3 is 0 Å². The van der Waals surface area contributed by atoms with Crippen LogP contribution in [-0.4, -0.2) is 50.1 Å². The van der Waals surface area contributed by atoms with Crippen LogP contribution in [0.2, 0.25) is 0 Å². The van der Waals surface area contributed by atoms with E-state index in [1.54, 1.807) is 32.5 Å². The first-order valence-electron chi connectivity index (χ1n) is 8.25. The number of hydrogen-bond donors (Lipinski definition) is 2. The number of hydrogen-bond acceptors (Lipinski definition) is 7. The number of halogens is 1. The molecule has 2 aromatic rings. The van der Waals surface area contributed by atoms with E-state index in [9.17, 15) is 5.11 Å². The molecule has 1 atom stereocenters. The molecular weight excluding hydrogens is 370 g/mol. The molecule has 2 rings (SSSR count). The number of nitrogens with zero attached hydrogens (tertiary/aromatic N) is 2. The van der Waals surface area contributed by atoms with Gasteiger partial charge in [-0.05, 0) is 42.8 Å². The summed E-state index contributed by atoms with van der Waals surface area (Å²) < 4.78 is 15.9. The van der Waals surface area contributed by atoms with Crippen molar-refractivity contribution in [3.8, 4) is 23.4 Å². The highest BCUT2D eigenvalue weighted by Gasteiger charge is 2.09. The first-order valence-corrected chi connectivity index (χ1v) is 8.25. The summed E-state index contributed by atoms with van der Waals surface area (Å²) in [5.74, 6) is 1.63. The van der Waals surface area contributed by atoms with Gasteiger partial charge in [0.15, 0.2) is 11.5 Å². The Morgan fingerprint density at radius 2 is 2.00 bits per heavy atom. The van der Waals surface area contributed by atoms with Gasteiger partial charge in [-0.3, -0.25) is 0 Å². The molecule has 0 aliphatic rings. The number of aliphatic hydroxyl groups excluding tert-OH is 1. The third kappa shape index (κ3) is 6.94. The first kappa shape index (κ1) is 22.5.